The summed E-state index contributed by atoms with van der Waals surface area (Å²) in [5.41, 5.74) is 0.440. The minimum absolute atomic E-state index is 0.275. The Morgan fingerprint density at radius 2 is 2.17 bits per heavy atom. The van der Waals surface area contributed by atoms with Crippen LogP contribution in [-0.2, 0) is 7.05 Å². The van der Waals surface area contributed by atoms with Crippen LogP contribution in [0.3, 0.4) is 0 Å². The summed E-state index contributed by atoms with van der Waals surface area (Å²) in [6.45, 7) is 1.95. The van der Waals surface area contributed by atoms with E-state index in [9.17, 15) is 4.79 Å². The third-order valence-electron chi connectivity index (χ3n) is 4.13. The maximum Gasteiger partial charge on any atom is 0.259 e. The lowest BCUT2D eigenvalue weighted by atomic mass is 9.98. The number of piperidine rings is 1. The first kappa shape index (κ1) is 17.3. The van der Waals surface area contributed by atoms with Crippen molar-refractivity contribution >= 4 is 35.2 Å². The fourth-order valence-electron chi connectivity index (χ4n) is 2.74. The smallest absolute Gasteiger partial charge is 0.259 e. The zero-order chi connectivity index (χ0) is 17.1. The van der Waals surface area contributed by atoms with Gasteiger partial charge in [-0.2, -0.15) is 10.1 Å². The molecule has 0 atom stereocenters. The third kappa shape index (κ3) is 3.74. The molecule has 6 nitrogen and oxygen atoms in total. The molecule has 1 aliphatic heterocycles. The summed E-state index contributed by atoms with van der Waals surface area (Å²) >= 11 is 7.72. The molecule has 1 aromatic carbocycles. The molecule has 0 radical (unpaired) electrons. The molecule has 1 aliphatic rings. The van der Waals surface area contributed by atoms with Crippen LogP contribution < -0.4 is 10.6 Å². The number of halogens is 1. The van der Waals surface area contributed by atoms with Crippen molar-refractivity contribution in [3.8, 4) is 0 Å². The summed E-state index contributed by atoms with van der Waals surface area (Å²) < 4.78 is 1.61. The van der Waals surface area contributed by atoms with Crippen LogP contribution in [0.5, 0.6) is 0 Å². The van der Waals surface area contributed by atoms with Crippen LogP contribution in [-0.4, -0.2) is 40.0 Å². The highest BCUT2D eigenvalue weighted by molar-refractivity contribution is 7.98. The summed E-state index contributed by atoms with van der Waals surface area (Å²) in [6, 6.07) is 5.41. The van der Waals surface area contributed by atoms with Crippen molar-refractivity contribution in [2.75, 3.05) is 24.7 Å². The van der Waals surface area contributed by atoms with Crippen molar-refractivity contribution in [3.05, 3.63) is 34.6 Å². The molecule has 2 heterocycles. The van der Waals surface area contributed by atoms with Gasteiger partial charge in [-0.3, -0.25) is 10.1 Å². The van der Waals surface area contributed by atoms with Gasteiger partial charge in [0, 0.05) is 17.9 Å². The van der Waals surface area contributed by atoms with Gasteiger partial charge in [-0.05, 0) is 50.4 Å². The van der Waals surface area contributed by atoms with Crippen molar-refractivity contribution in [1.82, 2.24) is 20.1 Å². The zero-order valence-corrected chi connectivity index (χ0v) is 15.2. The molecular weight excluding hydrogens is 346 g/mol. The van der Waals surface area contributed by atoms with Crippen LogP contribution in [0.25, 0.3) is 0 Å². The van der Waals surface area contributed by atoms with E-state index in [1.165, 1.54) is 0 Å². The van der Waals surface area contributed by atoms with Gasteiger partial charge < -0.3 is 5.32 Å². The fraction of sp³-hybridized carbons (Fsp3) is 0.438. The molecule has 0 bridgehead atoms. The lowest BCUT2D eigenvalue weighted by Gasteiger charge is -2.19. The molecule has 1 saturated heterocycles. The van der Waals surface area contributed by atoms with Crippen molar-refractivity contribution in [2.45, 2.75) is 23.7 Å². The molecule has 24 heavy (non-hydrogen) atoms. The van der Waals surface area contributed by atoms with Gasteiger partial charge in [0.15, 0.2) is 5.82 Å². The highest BCUT2D eigenvalue weighted by Gasteiger charge is 2.22. The minimum Gasteiger partial charge on any atom is -0.317 e. The Labute approximate surface area is 150 Å². The molecule has 2 N–H and O–H groups in total. The molecule has 0 spiro atoms. The first-order valence-corrected chi connectivity index (χ1v) is 9.45. The number of hydrogen-bond acceptors (Lipinski definition) is 5. The normalized spacial score (nSPS) is 15.5. The Kier molecular flexibility index (Phi) is 5.43. The lowest BCUT2D eigenvalue weighted by molar-refractivity contribution is 0.102. The number of nitrogens with zero attached hydrogens (tertiary/aromatic N) is 3. The van der Waals surface area contributed by atoms with Gasteiger partial charge in [-0.25, -0.2) is 4.68 Å². The van der Waals surface area contributed by atoms with Gasteiger partial charge in [0.2, 0.25) is 5.95 Å². The van der Waals surface area contributed by atoms with Gasteiger partial charge in [0.25, 0.3) is 5.91 Å². The number of benzene rings is 1. The SMILES string of the molecule is CSc1ccc(Cl)c(C(=O)Nc2nc(C3CCNCC3)nn2C)c1. The molecule has 0 saturated carbocycles. The Morgan fingerprint density at radius 3 is 2.88 bits per heavy atom. The largest absolute Gasteiger partial charge is 0.317 e. The van der Waals surface area contributed by atoms with E-state index < -0.39 is 0 Å². The van der Waals surface area contributed by atoms with Gasteiger partial charge in [-0.15, -0.1) is 11.8 Å². The second kappa shape index (κ2) is 7.55. The summed E-state index contributed by atoms with van der Waals surface area (Å²) in [5.74, 6) is 1.30. The number of aryl methyl sites for hydroxylation is 1. The van der Waals surface area contributed by atoms with Crippen molar-refractivity contribution in [3.63, 3.8) is 0 Å². The predicted octanol–water partition coefficient (Wildman–Crippen LogP) is 2.91. The van der Waals surface area contributed by atoms with E-state index in [4.69, 9.17) is 11.6 Å². The first-order chi connectivity index (χ1) is 11.6. The Bertz CT molecular complexity index is 742. The number of nitrogens with one attached hydrogen (secondary N) is 2. The van der Waals surface area contributed by atoms with E-state index in [0.717, 1.165) is 36.7 Å². The van der Waals surface area contributed by atoms with E-state index in [1.807, 2.05) is 12.3 Å². The lowest BCUT2D eigenvalue weighted by Crippen LogP contribution is -2.27. The van der Waals surface area contributed by atoms with E-state index in [0.29, 0.717) is 22.5 Å². The first-order valence-electron chi connectivity index (χ1n) is 7.85. The number of aromatic nitrogens is 3. The van der Waals surface area contributed by atoms with Gasteiger partial charge in [-0.1, -0.05) is 11.6 Å². The number of hydrogen-bond donors (Lipinski definition) is 2. The number of anilines is 1. The topological polar surface area (TPSA) is 71.8 Å². The maximum atomic E-state index is 12.5. The molecule has 8 heteroatoms. The highest BCUT2D eigenvalue weighted by Crippen LogP contribution is 2.25. The average molecular weight is 366 g/mol. The van der Waals surface area contributed by atoms with Crippen LogP contribution >= 0.6 is 23.4 Å². The van der Waals surface area contributed by atoms with Gasteiger partial charge >= 0.3 is 0 Å². The number of carbonyl (C=O) groups is 1. The summed E-state index contributed by atoms with van der Waals surface area (Å²) in [7, 11) is 1.78. The average Bonchev–Trinajstić information content (AvgIpc) is 2.97. The Balaban J connectivity index is 1.78. The van der Waals surface area contributed by atoms with Crippen LogP contribution in [0, 0.1) is 0 Å². The summed E-state index contributed by atoms with van der Waals surface area (Å²) in [4.78, 5) is 18.0. The molecule has 0 unspecified atom stereocenters. The summed E-state index contributed by atoms with van der Waals surface area (Å²) in [5, 5.41) is 11.0. The van der Waals surface area contributed by atoms with Crippen molar-refractivity contribution < 1.29 is 4.79 Å². The molecule has 128 valence electrons. The molecule has 1 fully saturated rings. The van der Waals surface area contributed by atoms with Crippen LogP contribution in [0.4, 0.5) is 5.95 Å². The highest BCUT2D eigenvalue weighted by atomic mass is 35.5. The van der Waals surface area contributed by atoms with E-state index in [2.05, 4.69) is 20.7 Å². The molecular formula is C16H20ClN5OS. The van der Waals surface area contributed by atoms with E-state index in [-0.39, 0.29) is 5.91 Å². The zero-order valence-electron chi connectivity index (χ0n) is 13.7. The van der Waals surface area contributed by atoms with E-state index >= 15 is 0 Å². The predicted molar refractivity (Wildman–Crippen MR) is 97.0 cm³/mol. The molecule has 1 aromatic heterocycles. The second-order valence-electron chi connectivity index (χ2n) is 5.74. The number of amides is 1. The molecule has 0 aliphatic carbocycles. The summed E-state index contributed by atoms with van der Waals surface area (Å²) in [6.07, 6.45) is 3.98. The molecule has 2 aromatic rings. The van der Waals surface area contributed by atoms with Crippen LogP contribution in [0.15, 0.2) is 23.1 Å². The monoisotopic (exact) mass is 365 g/mol. The second-order valence-corrected chi connectivity index (χ2v) is 7.03. The number of rotatable bonds is 4. The molecule has 3 rings (SSSR count). The fourth-order valence-corrected chi connectivity index (χ4v) is 3.38. The number of carbonyl (C=O) groups excluding carboxylic acids is 1. The Hall–Kier alpha value is -1.57. The Morgan fingerprint density at radius 1 is 1.42 bits per heavy atom. The van der Waals surface area contributed by atoms with Crippen molar-refractivity contribution in [2.24, 2.45) is 7.05 Å². The maximum absolute atomic E-state index is 12.5. The standard InChI is InChI=1S/C16H20ClN5OS/c1-22-16(19-14(21-22)10-5-7-18-8-6-10)20-15(23)12-9-11(24-2)3-4-13(12)17/h3-4,9-10,18H,5-8H2,1-2H3,(H,19,20,21,23). The van der Waals surface area contributed by atoms with Gasteiger partial charge in [0.05, 0.1) is 10.6 Å². The van der Waals surface area contributed by atoms with Crippen molar-refractivity contribution in [1.29, 1.82) is 0 Å². The quantitative estimate of drug-likeness (QED) is 0.815. The van der Waals surface area contributed by atoms with Crippen LogP contribution in [0.1, 0.15) is 34.9 Å². The van der Waals surface area contributed by atoms with Crippen LogP contribution in [0.2, 0.25) is 5.02 Å². The third-order valence-corrected chi connectivity index (χ3v) is 5.18. The minimum atomic E-state index is -0.275. The number of thioether (sulfide) groups is 1. The van der Waals surface area contributed by atoms with E-state index in [1.54, 1.807) is 35.6 Å². The van der Waals surface area contributed by atoms with Gasteiger partial charge in [0.1, 0.15) is 0 Å². The molecule has 1 amide bonds.